The van der Waals surface area contributed by atoms with E-state index in [1.54, 1.807) is 34.0 Å². The molecule has 0 saturated carbocycles. The van der Waals surface area contributed by atoms with E-state index in [2.05, 4.69) is 58.5 Å². The highest BCUT2D eigenvalue weighted by atomic mass is 32.2. The van der Waals surface area contributed by atoms with Crippen molar-refractivity contribution in [1.29, 1.82) is 0 Å². The molecule has 21 N–H and O–H groups in total. The third kappa shape index (κ3) is 31.8. The van der Waals surface area contributed by atoms with Crippen LogP contribution in [0, 0.1) is 11.8 Å². The minimum atomic E-state index is -1.81. The molecule has 97 heavy (non-hydrogen) atoms. The van der Waals surface area contributed by atoms with Gasteiger partial charge in [0.2, 0.25) is 70.9 Å². The summed E-state index contributed by atoms with van der Waals surface area (Å²) in [5.74, 6) is -15.4. The summed E-state index contributed by atoms with van der Waals surface area (Å²) in [4.78, 5) is 199. The molecule has 12 atom stereocenters. The fraction of sp³-hybridized carbons (Fsp3) is 0.656. The summed E-state index contributed by atoms with van der Waals surface area (Å²) in [6.07, 6.45) is -2.58. The maximum absolute atomic E-state index is 14.7. The molecule has 2 rings (SSSR count). The van der Waals surface area contributed by atoms with Gasteiger partial charge in [-0.3, -0.25) is 67.1 Å². The SMILES string of the molecule is CSCC[C@H](NC(=O)CNC(=O)[C@@H](NC(=O)[C@H](CC(C)C)NC(=O)[C@@H]1CCCN1C(=O)[C@H](Cc1ccc(O)cc1)NC(=O)[C@@H](NC(=O)CNC(=O)[C@H](CCCCN)NC(=O)[C@H](CC(C)C)NC(=O)[C@H](CCC(=O)O)NC(=O)CNC(=O)[C@@H](N)CCC(=O)O)[C@@H](C)O)[C@@H](C)O)C(=O)O. The van der Waals surface area contributed by atoms with E-state index in [4.69, 9.17) is 16.6 Å². The number of aliphatic carboxylic acids is 3. The van der Waals surface area contributed by atoms with Gasteiger partial charge in [0.25, 0.3) is 0 Å². The number of benzene rings is 1. The topological polar surface area (TPSA) is 565 Å². The molecule has 1 heterocycles. The Kier molecular flexibility index (Phi) is 37.8. The number of nitrogens with two attached hydrogens (primary N) is 2. The molecule has 1 saturated heterocycles. The van der Waals surface area contributed by atoms with E-state index in [-0.39, 0.29) is 88.5 Å². The molecule has 1 aromatic carbocycles. The normalized spacial score (nSPS) is 16.1. The highest BCUT2D eigenvalue weighted by Gasteiger charge is 2.41. The number of thioether (sulfide) groups is 1. The zero-order chi connectivity index (χ0) is 73.2. The quantitative estimate of drug-likeness (QED) is 0.0272. The molecular weight excluding hydrogens is 1300 g/mol. The predicted octanol–water partition coefficient (Wildman–Crippen LogP) is -4.97. The third-order valence-corrected chi connectivity index (χ3v) is 15.7. The van der Waals surface area contributed by atoms with Gasteiger partial charge in [-0.05, 0) is 126 Å². The molecule has 35 nitrogen and oxygen atoms in total. The average molecular weight is 1400 g/mol. The monoisotopic (exact) mass is 1390 g/mol. The summed E-state index contributed by atoms with van der Waals surface area (Å²) in [7, 11) is 0. The molecule has 1 aromatic rings. The van der Waals surface area contributed by atoms with E-state index < -0.39 is 200 Å². The van der Waals surface area contributed by atoms with Gasteiger partial charge in [0.1, 0.15) is 60.1 Å². The highest BCUT2D eigenvalue weighted by molar-refractivity contribution is 7.98. The third-order valence-electron chi connectivity index (χ3n) is 15.1. The number of carbonyl (C=O) groups is 15. The van der Waals surface area contributed by atoms with Crippen molar-refractivity contribution in [3.8, 4) is 5.75 Å². The molecule has 0 bridgehead atoms. The summed E-state index contributed by atoms with van der Waals surface area (Å²) < 4.78 is 0. The molecule has 1 fully saturated rings. The van der Waals surface area contributed by atoms with E-state index in [1.165, 1.54) is 47.9 Å². The van der Waals surface area contributed by atoms with E-state index in [9.17, 15) is 97.5 Å². The van der Waals surface area contributed by atoms with Crippen LogP contribution >= 0.6 is 11.8 Å². The number of nitrogens with zero attached hydrogens (tertiary/aromatic N) is 1. The molecule has 0 aliphatic carbocycles. The van der Waals surface area contributed by atoms with Crippen LogP contribution in [0.25, 0.3) is 0 Å². The number of phenols is 1. The maximum Gasteiger partial charge on any atom is 0.326 e. The first kappa shape index (κ1) is 84.3. The summed E-state index contributed by atoms with van der Waals surface area (Å²) in [5.41, 5.74) is 11.8. The number of likely N-dealkylation sites (tertiary alicyclic amines) is 1. The number of nitrogens with one attached hydrogen (secondary N) is 11. The first-order chi connectivity index (χ1) is 45.6. The Bertz CT molecular complexity index is 2870. The van der Waals surface area contributed by atoms with Crippen molar-refractivity contribution in [1.82, 2.24) is 63.4 Å². The fourth-order valence-electron chi connectivity index (χ4n) is 9.90. The second kappa shape index (κ2) is 43.4. The van der Waals surface area contributed by atoms with E-state index in [1.807, 2.05) is 0 Å². The van der Waals surface area contributed by atoms with Crippen LogP contribution < -0.4 is 70.0 Å². The van der Waals surface area contributed by atoms with Gasteiger partial charge in [0.15, 0.2) is 0 Å². The molecular formula is C61H98N14O21S. The zero-order valence-electron chi connectivity index (χ0n) is 55.6. The van der Waals surface area contributed by atoms with Crippen molar-refractivity contribution in [2.24, 2.45) is 23.3 Å². The number of rotatable bonds is 45. The number of aromatic hydroxyl groups is 1. The predicted molar refractivity (Wildman–Crippen MR) is 349 cm³/mol. The molecule has 1 aliphatic rings. The van der Waals surface area contributed by atoms with Gasteiger partial charge < -0.3 is 105 Å². The van der Waals surface area contributed by atoms with Crippen molar-refractivity contribution in [2.75, 3.05) is 44.7 Å². The molecule has 12 amide bonds. The fourth-order valence-corrected chi connectivity index (χ4v) is 10.4. The second-order valence-electron chi connectivity index (χ2n) is 24.3. The maximum atomic E-state index is 14.7. The minimum absolute atomic E-state index is 0.0133. The van der Waals surface area contributed by atoms with Crippen LogP contribution in [-0.4, -0.2) is 242 Å². The largest absolute Gasteiger partial charge is 0.508 e. The number of carboxylic acid groups (broad SMARTS) is 3. The number of unbranched alkanes of at least 4 members (excludes halogenated alkanes) is 1. The van der Waals surface area contributed by atoms with Crippen molar-refractivity contribution in [3.05, 3.63) is 29.8 Å². The number of aliphatic hydroxyl groups excluding tert-OH is 2. The van der Waals surface area contributed by atoms with Gasteiger partial charge in [-0.15, -0.1) is 0 Å². The van der Waals surface area contributed by atoms with Crippen molar-refractivity contribution in [3.63, 3.8) is 0 Å². The van der Waals surface area contributed by atoms with Crippen LogP contribution in [0.5, 0.6) is 5.75 Å². The second-order valence-corrected chi connectivity index (χ2v) is 25.3. The Balaban J connectivity index is 2.33. The Morgan fingerprint density at radius 2 is 1.01 bits per heavy atom. The molecule has 1 aliphatic heterocycles. The summed E-state index contributed by atoms with van der Waals surface area (Å²) in [5, 5.41) is 85.8. The van der Waals surface area contributed by atoms with Crippen LogP contribution in [0.15, 0.2) is 24.3 Å². The number of aliphatic hydroxyl groups is 2. The zero-order valence-corrected chi connectivity index (χ0v) is 56.5. The highest BCUT2D eigenvalue weighted by Crippen LogP contribution is 2.22. The number of hydrogen-bond donors (Lipinski definition) is 19. The first-order valence-electron chi connectivity index (χ1n) is 31.9. The van der Waals surface area contributed by atoms with Crippen molar-refractivity contribution >= 4 is 101 Å². The lowest BCUT2D eigenvalue weighted by molar-refractivity contribution is -0.143. The van der Waals surface area contributed by atoms with Crippen molar-refractivity contribution < 1.29 is 103 Å². The van der Waals surface area contributed by atoms with Gasteiger partial charge in [-0.1, -0.05) is 39.8 Å². The van der Waals surface area contributed by atoms with E-state index >= 15 is 0 Å². The Hall–Kier alpha value is -8.74. The summed E-state index contributed by atoms with van der Waals surface area (Å²) in [6.45, 7) is 7.06. The number of hydrogen-bond acceptors (Lipinski definition) is 21. The minimum Gasteiger partial charge on any atom is -0.508 e. The Labute approximate surface area is 565 Å². The van der Waals surface area contributed by atoms with Gasteiger partial charge in [0, 0.05) is 25.8 Å². The van der Waals surface area contributed by atoms with Gasteiger partial charge >= 0.3 is 17.9 Å². The molecule has 0 unspecified atom stereocenters. The smallest absolute Gasteiger partial charge is 0.326 e. The first-order valence-corrected chi connectivity index (χ1v) is 33.3. The lowest BCUT2D eigenvalue weighted by atomic mass is 10.0. The lowest BCUT2D eigenvalue weighted by Crippen LogP contribution is -2.61. The van der Waals surface area contributed by atoms with Crippen LogP contribution in [0.3, 0.4) is 0 Å². The van der Waals surface area contributed by atoms with Crippen LogP contribution in [0.4, 0.5) is 0 Å². The van der Waals surface area contributed by atoms with Gasteiger partial charge in [-0.2, -0.15) is 11.8 Å². The lowest BCUT2D eigenvalue weighted by Gasteiger charge is -2.31. The number of carboxylic acids is 3. The Morgan fingerprint density at radius 1 is 0.536 bits per heavy atom. The molecule has 0 aromatic heterocycles. The van der Waals surface area contributed by atoms with Crippen LogP contribution in [0.1, 0.15) is 124 Å². The average Bonchev–Trinajstić information content (AvgIpc) is 1.75. The number of carbonyl (C=O) groups excluding carboxylic acids is 12. The van der Waals surface area contributed by atoms with Gasteiger partial charge in [0.05, 0.1) is 37.9 Å². The molecule has 544 valence electrons. The van der Waals surface area contributed by atoms with Crippen LogP contribution in [-0.2, 0) is 78.3 Å². The summed E-state index contributed by atoms with van der Waals surface area (Å²) >= 11 is 1.36. The Morgan fingerprint density at radius 3 is 1.55 bits per heavy atom. The number of phenolic OH excluding ortho intramolecular Hbond substituents is 1. The molecule has 36 heteroatoms. The number of amides is 12. The van der Waals surface area contributed by atoms with Crippen LogP contribution in [0.2, 0.25) is 0 Å². The van der Waals surface area contributed by atoms with E-state index in [0.717, 1.165) is 6.92 Å². The standard InChI is InChI=1S/C61H98N14O21S/c1-31(2)25-41(70-54(88)39(18-20-49(84)85)67-45(79)28-64-52(86)37(63)17-19-48(82)83)55(89)69-38(11-8-9-22-62)53(87)65-30-47(81)73-51(34(6)77)59(93)72-43(27-35-13-15-36(78)16-14-35)60(94)75-23-10-12-44(75)57(91)71-42(26-32(3)4)56(90)74-50(33(5)76)58(92)66-29-46(80)68-40(61(95)96)21-24-97-7/h13-16,31-34,37-44,50-51,76-78H,8-12,17-30,62-63H2,1-7H3,(H,64,86)(H,65,87)(H,66,92)(H,67,79)(H,68,80)(H,69,89)(H,70,88)(H,71,91)(H,72,93)(H,73,81)(H,74,90)(H,82,83)(H,84,85)(H,95,96)/t33-,34-,37+,38+,39+,40+,41+,42+,43+,44+,50+,51+/m1/s1. The molecule has 0 radical (unpaired) electrons. The van der Waals surface area contributed by atoms with Crippen molar-refractivity contribution in [2.45, 2.75) is 198 Å². The molecule has 0 spiro atoms. The van der Waals surface area contributed by atoms with E-state index in [0.29, 0.717) is 17.7 Å². The summed E-state index contributed by atoms with van der Waals surface area (Å²) in [6, 6.07) is -8.99. The van der Waals surface area contributed by atoms with Gasteiger partial charge in [-0.25, -0.2) is 4.79 Å².